The van der Waals surface area contributed by atoms with Gasteiger partial charge in [-0.2, -0.15) is 0 Å². The molecule has 33 heavy (non-hydrogen) atoms. The van der Waals surface area contributed by atoms with Gasteiger partial charge in [0, 0.05) is 55.8 Å². The molecule has 1 atom stereocenters. The van der Waals surface area contributed by atoms with Crippen molar-refractivity contribution in [1.29, 1.82) is 0 Å². The summed E-state index contributed by atoms with van der Waals surface area (Å²) in [4.78, 5) is 26.8. The highest BCUT2D eigenvalue weighted by Crippen LogP contribution is 2.35. The topological polar surface area (TPSA) is 62.5 Å². The Labute approximate surface area is 193 Å². The van der Waals surface area contributed by atoms with Crippen molar-refractivity contribution in [2.45, 2.75) is 25.7 Å². The van der Waals surface area contributed by atoms with E-state index in [4.69, 9.17) is 9.40 Å². The van der Waals surface area contributed by atoms with Gasteiger partial charge >= 0.3 is 0 Å². The van der Waals surface area contributed by atoms with Gasteiger partial charge in [-0.05, 0) is 31.4 Å². The SMILES string of the molecule is Cc1c(C(=O)N2CCC[C@H](c3nc(N(C)C)ncc3-c3ccccc3)C2)oc2ccccc12. The van der Waals surface area contributed by atoms with E-state index in [-0.39, 0.29) is 11.8 Å². The first-order chi connectivity index (χ1) is 16.0. The number of hydrogen-bond acceptors (Lipinski definition) is 5. The van der Waals surface area contributed by atoms with Crippen molar-refractivity contribution >= 4 is 22.8 Å². The molecule has 0 unspecified atom stereocenters. The van der Waals surface area contributed by atoms with E-state index in [0.29, 0.717) is 18.3 Å². The molecule has 1 saturated heterocycles. The molecule has 6 heteroatoms. The van der Waals surface area contributed by atoms with Crippen molar-refractivity contribution in [3.05, 3.63) is 77.8 Å². The molecule has 0 aliphatic carbocycles. The van der Waals surface area contributed by atoms with E-state index in [0.717, 1.165) is 52.7 Å². The summed E-state index contributed by atoms with van der Waals surface area (Å²) in [6.07, 6.45) is 3.81. The Bertz CT molecular complexity index is 1300. The maximum Gasteiger partial charge on any atom is 0.289 e. The number of amides is 1. The van der Waals surface area contributed by atoms with Crippen molar-refractivity contribution in [3.63, 3.8) is 0 Å². The molecule has 168 valence electrons. The molecule has 0 spiro atoms. The minimum Gasteiger partial charge on any atom is -0.451 e. The second-order valence-corrected chi connectivity index (χ2v) is 8.87. The lowest BCUT2D eigenvalue weighted by atomic mass is 9.89. The Morgan fingerprint density at radius 3 is 2.61 bits per heavy atom. The third kappa shape index (κ3) is 3.97. The first kappa shape index (κ1) is 21.2. The van der Waals surface area contributed by atoms with Gasteiger partial charge in [0.25, 0.3) is 5.91 Å². The largest absolute Gasteiger partial charge is 0.451 e. The molecule has 1 aliphatic heterocycles. The Hall–Kier alpha value is -3.67. The van der Waals surface area contributed by atoms with E-state index in [9.17, 15) is 4.79 Å². The first-order valence-corrected chi connectivity index (χ1v) is 11.4. The Kier molecular flexibility index (Phi) is 5.58. The first-order valence-electron chi connectivity index (χ1n) is 11.4. The summed E-state index contributed by atoms with van der Waals surface area (Å²) in [6, 6.07) is 18.0. The lowest BCUT2D eigenvalue weighted by Crippen LogP contribution is -2.39. The van der Waals surface area contributed by atoms with Gasteiger partial charge in [0.2, 0.25) is 5.95 Å². The molecule has 0 N–H and O–H groups in total. The third-order valence-corrected chi connectivity index (χ3v) is 6.42. The van der Waals surface area contributed by atoms with Gasteiger partial charge in [-0.25, -0.2) is 9.97 Å². The van der Waals surface area contributed by atoms with E-state index in [1.54, 1.807) is 0 Å². The zero-order valence-electron chi connectivity index (χ0n) is 19.3. The van der Waals surface area contributed by atoms with Gasteiger partial charge in [0.1, 0.15) is 5.58 Å². The van der Waals surface area contributed by atoms with Crippen LogP contribution < -0.4 is 4.90 Å². The van der Waals surface area contributed by atoms with Gasteiger partial charge in [-0.15, -0.1) is 0 Å². The van der Waals surface area contributed by atoms with E-state index in [1.807, 2.05) is 79.5 Å². The Morgan fingerprint density at radius 1 is 1.09 bits per heavy atom. The lowest BCUT2D eigenvalue weighted by Gasteiger charge is -2.33. The van der Waals surface area contributed by atoms with Crippen LogP contribution in [-0.2, 0) is 0 Å². The normalized spacial score (nSPS) is 16.2. The molecule has 0 radical (unpaired) electrons. The standard InChI is InChI=1S/C27H28N4O2/c1-18-21-13-7-8-14-23(21)33-25(18)26(32)31-15-9-12-20(17-31)24-22(19-10-5-4-6-11-19)16-28-27(29-24)30(2)3/h4-8,10-11,13-14,16,20H,9,12,15,17H2,1-3H3/t20-/m0/s1. The monoisotopic (exact) mass is 440 g/mol. The predicted octanol–water partition coefficient (Wildman–Crippen LogP) is 5.28. The molecule has 2 aromatic carbocycles. The second kappa shape index (κ2) is 8.70. The fraction of sp³-hybridized carbons (Fsp3) is 0.296. The fourth-order valence-electron chi connectivity index (χ4n) is 4.66. The molecular formula is C27H28N4O2. The predicted molar refractivity (Wildman–Crippen MR) is 131 cm³/mol. The van der Waals surface area contributed by atoms with Crippen LogP contribution in [0.1, 0.15) is 40.6 Å². The number of piperidine rings is 1. The summed E-state index contributed by atoms with van der Waals surface area (Å²) >= 11 is 0. The summed E-state index contributed by atoms with van der Waals surface area (Å²) in [5, 5.41) is 0.993. The van der Waals surface area contributed by atoms with Gasteiger partial charge in [0.05, 0.1) is 5.69 Å². The minimum atomic E-state index is -0.0449. The molecule has 1 fully saturated rings. The number of carbonyl (C=O) groups excluding carboxylic acids is 1. The number of para-hydroxylation sites is 1. The number of nitrogens with zero attached hydrogens (tertiary/aromatic N) is 4. The number of anilines is 1. The van der Waals surface area contributed by atoms with E-state index in [2.05, 4.69) is 17.1 Å². The average molecular weight is 441 g/mol. The Morgan fingerprint density at radius 2 is 1.85 bits per heavy atom. The smallest absolute Gasteiger partial charge is 0.289 e. The zero-order valence-corrected chi connectivity index (χ0v) is 19.3. The summed E-state index contributed by atoms with van der Waals surface area (Å²) in [7, 11) is 3.89. The molecule has 3 heterocycles. The van der Waals surface area contributed by atoms with E-state index in [1.165, 1.54) is 0 Å². The van der Waals surface area contributed by atoms with Crippen LogP contribution in [0.5, 0.6) is 0 Å². The number of aryl methyl sites for hydroxylation is 1. The fourth-order valence-corrected chi connectivity index (χ4v) is 4.66. The van der Waals surface area contributed by atoms with Crippen molar-refractivity contribution in [1.82, 2.24) is 14.9 Å². The zero-order chi connectivity index (χ0) is 22.9. The minimum absolute atomic E-state index is 0.0449. The summed E-state index contributed by atoms with van der Waals surface area (Å²) < 4.78 is 5.97. The average Bonchev–Trinajstić information content (AvgIpc) is 3.20. The van der Waals surface area contributed by atoms with Crippen LogP contribution in [0.4, 0.5) is 5.95 Å². The summed E-state index contributed by atoms with van der Waals surface area (Å²) in [5.74, 6) is 1.21. The second-order valence-electron chi connectivity index (χ2n) is 8.87. The summed E-state index contributed by atoms with van der Waals surface area (Å²) in [5.41, 5.74) is 4.78. The maximum absolute atomic E-state index is 13.5. The van der Waals surface area contributed by atoms with Crippen molar-refractivity contribution in [2.24, 2.45) is 0 Å². The molecule has 6 nitrogen and oxygen atoms in total. The molecular weight excluding hydrogens is 412 g/mol. The molecule has 0 bridgehead atoms. The van der Waals surface area contributed by atoms with Gasteiger partial charge in [-0.1, -0.05) is 48.5 Å². The molecule has 4 aromatic rings. The van der Waals surface area contributed by atoms with Crippen molar-refractivity contribution in [2.75, 3.05) is 32.1 Å². The van der Waals surface area contributed by atoms with Crippen LogP contribution in [0.3, 0.4) is 0 Å². The van der Waals surface area contributed by atoms with Crippen LogP contribution >= 0.6 is 0 Å². The van der Waals surface area contributed by atoms with Crippen LogP contribution in [0.15, 0.2) is 65.2 Å². The number of carbonyl (C=O) groups is 1. The highest BCUT2D eigenvalue weighted by molar-refractivity contribution is 5.99. The Balaban J connectivity index is 1.49. The highest BCUT2D eigenvalue weighted by Gasteiger charge is 2.31. The van der Waals surface area contributed by atoms with Crippen molar-refractivity contribution < 1.29 is 9.21 Å². The molecule has 0 saturated carbocycles. The van der Waals surface area contributed by atoms with Crippen LogP contribution in [0.2, 0.25) is 0 Å². The quantitative estimate of drug-likeness (QED) is 0.432. The number of furan rings is 1. The number of benzene rings is 2. The third-order valence-electron chi connectivity index (χ3n) is 6.42. The number of aromatic nitrogens is 2. The maximum atomic E-state index is 13.5. The molecule has 2 aromatic heterocycles. The number of rotatable bonds is 4. The van der Waals surface area contributed by atoms with Gasteiger partial charge in [-0.3, -0.25) is 4.79 Å². The molecule has 5 rings (SSSR count). The van der Waals surface area contributed by atoms with Crippen LogP contribution in [-0.4, -0.2) is 48.0 Å². The van der Waals surface area contributed by atoms with Crippen molar-refractivity contribution in [3.8, 4) is 11.1 Å². The number of hydrogen-bond donors (Lipinski definition) is 0. The molecule has 1 amide bonds. The van der Waals surface area contributed by atoms with Crippen LogP contribution in [0, 0.1) is 6.92 Å². The number of fused-ring (bicyclic) bond motifs is 1. The van der Waals surface area contributed by atoms with Crippen LogP contribution in [0.25, 0.3) is 22.1 Å². The summed E-state index contributed by atoms with van der Waals surface area (Å²) in [6.45, 7) is 3.29. The van der Waals surface area contributed by atoms with E-state index < -0.39 is 0 Å². The molecule has 1 aliphatic rings. The lowest BCUT2D eigenvalue weighted by molar-refractivity contribution is 0.0675. The van der Waals surface area contributed by atoms with Gasteiger partial charge < -0.3 is 14.2 Å². The number of likely N-dealkylation sites (tertiary alicyclic amines) is 1. The van der Waals surface area contributed by atoms with Gasteiger partial charge in [0.15, 0.2) is 5.76 Å². The van der Waals surface area contributed by atoms with E-state index >= 15 is 0 Å². The highest BCUT2D eigenvalue weighted by atomic mass is 16.3.